The van der Waals surface area contributed by atoms with Crippen LogP contribution in [0.4, 0.5) is 0 Å². The molecule has 47 heavy (non-hydrogen) atoms. The monoisotopic (exact) mass is 665 g/mol. The SMILES string of the molecule is C[C@@H]1CCc2cc3ccc2[C@@H]1C[C@@H](S(=O)(=O)[O-])[C@@H]1C=C2C[C@H](CCO[C@H]2c2ccc(O)cc2)[C@H]1c1ccc(cc1)[C@H](N=C(N)N)O3.[Na+]. The molecule has 1 fully saturated rings. The number of benzene rings is 3. The van der Waals surface area contributed by atoms with Crippen molar-refractivity contribution in [1.29, 1.82) is 0 Å². The van der Waals surface area contributed by atoms with E-state index in [0.29, 0.717) is 25.2 Å². The number of nitrogens with zero attached hydrogens (tertiary/aromatic N) is 1. The van der Waals surface area contributed by atoms with Gasteiger partial charge in [-0.25, -0.2) is 13.4 Å². The second-order valence-corrected chi connectivity index (χ2v) is 15.0. The zero-order valence-electron chi connectivity index (χ0n) is 26.8. The van der Waals surface area contributed by atoms with E-state index in [1.807, 2.05) is 60.7 Å². The first-order valence-electron chi connectivity index (χ1n) is 16.1. The number of aliphatic imine (C=N–C) groups is 1. The van der Waals surface area contributed by atoms with Gasteiger partial charge in [-0.05, 0) is 114 Å². The fraction of sp³-hybridized carbons (Fsp3) is 0.417. The molecule has 0 unspecified atom stereocenters. The molecule has 6 aliphatic rings. The van der Waals surface area contributed by atoms with Crippen molar-refractivity contribution in [2.45, 2.75) is 68.4 Å². The van der Waals surface area contributed by atoms with E-state index in [0.717, 1.165) is 46.2 Å². The Morgan fingerprint density at radius 1 is 0.979 bits per heavy atom. The van der Waals surface area contributed by atoms with Gasteiger partial charge in [-0.15, -0.1) is 0 Å². The summed E-state index contributed by atoms with van der Waals surface area (Å²) in [5.41, 5.74) is 17.4. The maximum absolute atomic E-state index is 13.5. The third-order valence-electron chi connectivity index (χ3n) is 10.6. The van der Waals surface area contributed by atoms with E-state index in [-0.39, 0.29) is 77.5 Å². The third-order valence-corrected chi connectivity index (χ3v) is 11.9. The van der Waals surface area contributed by atoms with Gasteiger partial charge in [0.2, 0.25) is 6.23 Å². The molecule has 1 saturated heterocycles. The number of aromatic hydroxyl groups is 1. The molecule has 2 aliphatic carbocycles. The zero-order chi connectivity index (χ0) is 32.2. The van der Waals surface area contributed by atoms with Crippen LogP contribution in [0.25, 0.3) is 0 Å². The number of phenolic OH excluding ortho intramolecular Hbond substituents is 1. The van der Waals surface area contributed by atoms with Gasteiger partial charge in [0.1, 0.15) is 17.6 Å². The predicted octanol–water partition coefficient (Wildman–Crippen LogP) is 2.54. The van der Waals surface area contributed by atoms with E-state index in [1.54, 1.807) is 12.1 Å². The Balaban J connectivity index is 0.00000386. The predicted molar refractivity (Wildman–Crippen MR) is 174 cm³/mol. The van der Waals surface area contributed by atoms with E-state index < -0.39 is 27.5 Å². The second-order valence-electron chi connectivity index (χ2n) is 13.4. The molecule has 3 aromatic carbocycles. The van der Waals surface area contributed by atoms with Gasteiger partial charge in [-0.3, -0.25) is 0 Å². The van der Waals surface area contributed by atoms with Crippen molar-refractivity contribution in [1.82, 2.24) is 0 Å². The molecule has 0 spiro atoms. The van der Waals surface area contributed by atoms with Crippen LogP contribution in [0.2, 0.25) is 0 Å². The molecule has 4 heterocycles. The van der Waals surface area contributed by atoms with Gasteiger partial charge in [-0.2, -0.15) is 0 Å². The molecule has 5 N–H and O–H groups in total. The summed E-state index contributed by atoms with van der Waals surface area (Å²) in [6.07, 6.45) is 4.25. The minimum atomic E-state index is -4.73. The number of hydrogen-bond acceptors (Lipinski definition) is 7. The molecule has 0 amide bonds. The summed E-state index contributed by atoms with van der Waals surface area (Å²) >= 11 is 0. The smallest absolute Gasteiger partial charge is 0.748 e. The number of guanidine groups is 1. The Hall–Kier alpha value is -2.86. The van der Waals surface area contributed by atoms with Crippen LogP contribution in [-0.4, -0.2) is 35.9 Å². The van der Waals surface area contributed by atoms with Gasteiger partial charge in [-0.1, -0.05) is 55.5 Å². The van der Waals surface area contributed by atoms with Crippen LogP contribution in [0.3, 0.4) is 0 Å². The number of allylic oxidation sites excluding steroid dienone is 1. The summed E-state index contributed by atoms with van der Waals surface area (Å²) in [6, 6.07) is 20.7. The molecule has 11 heteroatoms. The number of phenols is 1. The average molecular weight is 666 g/mol. The topological polar surface area (TPSA) is 160 Å². The Labute approximate surface area is 298 Å². The van der Waals surface area contributed by atoms with Gasteiger partial charge in [0.25, 0.3) is 0 Å². The first-order valence-corrected chi connectivity index (χ1v) is 17.6. The molecule has 0 aromatic heterocycles. The number of rotatable bonds is 3. The van der Waals surface area contributed by atoms with Crippen molar-refractivity contribution in [3.63, 3.8) is 0 Å². The Morgan fingerprint density at radius 3 is 2.38 bits per heavy atom. The quantitative estimate of drug-likeness (QED) is 0.127. The summed E-state index contributed by atoms with van der Waals surface area (Å²) < 4.78 is 53.1. The van der Waals surface area contributed by atoms with Crippen molar-refractivity contribution in [2.75, 3.05) is 6.61 Å². The number of nitrogens with two attached hydrogens (primary N) is 2. The molecular weight excluding hydrogens is 625 g/mol. The third kappa shape index (κ3) is 6.86. The van der Waals surface area contributed by atoms with Crippen LogP contribution in [0.15, 0.2) is 83.4 Å². The molecule has 8 bridgehead atoms. The van der Waals surface area contributed by atoms with E-state index in [4.69, 9.17) is 20.9 Å². The Kier molecular flexibility index (Phi) is 9.82. The standard InChI is InChI=1S/C36H41N3O6S.Na/c1-20-2-3-24-17-28-12-13-29(24)30(20)19-32(46(41,42)43)31-18-26-16-25(14-15-44-34(26)22-8-10-27(40)11-9-22)33(31)21-4-6-23(7-5-21)35(45-28)39-36(37)38;/h4-13,17-18,20,25,30-35,40H,2-3,14-16,19H2,1H3,(H4,37,38,39)(H,41,42,43);/q;+1/p-1/t20-,25+,30-,31+,32-,33-,34+,35-;/m1./s1. The molecule has 4 aliphatic heterocycles. The van der Waals surface area contributed by atoms with Crippen molar-refractivity contribution < 1.29 is 57.1 Å². The minimum absolute atomic E-state index is 0. The van der Waals surface area contributed by atoms with Gasteiger partial charge >= 0.3 is 29.6 Å². The fourth-order valence-electron chi connectivity index (χ4n) is 8.39. The Morgan fingerprint density at radius 2 is 1.68 bits per heavy atom. The van der Waals surface area contributed by atoms with Gasteiger partial charge < -0.3 is 30.6 Å². The molecule has 0 radical (unpaired) electrons. The molecule has 9 rings (SSSR count). The summed E-state index contributed by atoms with van der Waals surface area (Å²) in [5.74, 6) is 0.0536. The van der Waals surface area contributed by atoms with Crippen LogP contribution < -0.4 is 45.8 Å². The van der Waals surface area contributed by atoms with Crippen molar-refractivity contribution in [2.24, 2.45) is 34.2 Å². The maximum Gasteiger partial charge on any atom is 1.00 e. The average Bonchev–Trinajstić information content (AvgIpc) is 3.18. The van der Waals surface area contributed by atoms with Crippen LogP contribution in [0.5, 0.6) is 11.5 Å². The van der Waals surface area contributed by atoms with Gasteiger partial charge in [0.05, 0.1) is 15.4 Å². The number of hydrogen-bond donors (Lipinski definition) is 3. The summed E-state index contributed by atoms with van der Waals surface area (Å²) in [6.45, 7) is 2.64. The van der Waals surface area contributed by atoms with E-state index in [1.165, 1.54) is 0 Å². The number of fused-ring (bicyclic) bond motifs is 4. The van der Waals surface area contributed by atoms with Crippen molar-refractivity contribution in [3.8, 4) is 11.5 Å². The second kappa shape index (κ2) is 13.6. The van der Waals surface area contributed by atoms with E-state index in [9.17, 15) is 18.1 Å². The minimum Gasteiger partial charge on any atom is -0.748 e. The zero-order valence-corrected chi connectivity index (χ0v) is 29.6. The fourth-order valence-corrected chi connectivity index (χ4v) is 9.47. The van der Waals surface area contributed by atoms with Crippen LogP contribution in [-0.2, 0) is 21.3 Å². The molecule has 0 saturated carbocycles. The molecule has 8 atom stereocenters. The molecule has 3 aromatic rings. The first-order chi connectivity index (χ1) is 22.0. The van der Waals surface area contributed by atoms with Gasteiger partial charge in [0, 0.05) is 12.2 Å². The molecule has 242 valence electrons. The maximum atomic E-state index is 13.5. The number of ether oxygens (including phenoxy) is 2. The summed E-state index contributed by atoms with van der Waals surface area (Å²) in [7, 11) is -4.73. The first kappa shape index (κ1) is 34.0. The summed E-state index contributed by atoms with van der Waals surface area (Å²) in [5, 5.41) is 8.78. The van der Waals surface area contributed by atoms with Crippen LogP contribution in [0.1, 0.15) is 84.6 Å². The van der Waals surface area contributed by atoms with Gasteiger partial charge in [0.15, 0.2) is 5.96 Å². The Bertz CT molecular complexity index is 1780. The normalized spacial score (nSPS) is 29.9. The van der Waals surface area contributed by atoms with E-state index in [2.05, 4.69) is 11.9 Å². The van der Waals surface area contributed by atoms with Crippen LogP contribution in [0, 0.1) is 17.8 Å². The number of aryl methyl sites for hydroxylation is 1. The molecule has 9 nitrogen and oxygen atoms in total. The largest absolute Gasteiger partial charge is 1.00 e. The van der Waals surface area contributed by atoms with Crippen molar-refractivity contribution >= 4 is 16.1 Å². The van der Waals surface area contributed by atoms with Crippen molar-refractivity contribution in [3.05, 3.63) is 106 Å². The van der Waals surface area contributed by atoms with Crippen LogP contribution >= 0.6 is 0 Å². The molecular formula is C36H40N3NaO6S. The van der Waals surface area contributed by atoms with E-state index >= 15 is 0 Å². The summed E-state index contributed by atoms with van der Waals surface area (Å²) in [4.78, 5) is 4.39.